The van der Waals surface area contributed by atoms with Gasteiger partial charge in [0.2, 0.25) is 0 Å². The fourth-order valence-electron chi connectivity index (χ4n) is 3.74. The zero-order valence-electron chi connectivity index (χ0n) is 15.9. The minimum absolute atomic E-state index is 0.459. The Bertz CT molecular complexity index is 641. The average Bonchev–Trinajstić information content (AvgIpc) is 2.92. The lowest BCUT2D eigenvalue weighted by atomic mass is 9.96. The Kier molecular flexibility index (Phi) is 6.27. The normalized spacial score (nSPS) is 17.7. The monoisotopic (exact) mass is 340 g/mol. The number of hydrogen-bond acceptors (Lipinski definition) is 3. The van der Waals surface area contributed by atoms with Crippen molar-refractivity contribution in [2.45, 2.75) is 52.7 Å². The molecule has 25 heavy (non-hydrogen) atoms. The number of rotatable bonds is 7. The highest BCUT2D eigenvalue weighted by Gasteiger charge is 2.19. The summed E-state index contributed by atoms with van der Waals surface area (Å²) < 4.78 is 2.12. The van der Waals surface area contributed by atoms with Gasteiger partial charge in [-0.1, -0.05) is 30.3 Å². The van der Waals surface area contributed by atoms with Gasteiger partial charge in [0.25, 0.3) is 0 Å². The summed E-state index contributed by atoms with van der Waals surface area (Å²) >= 11 is 0. The molecule has 4 nitrogen and oxygen atoms in total. The molecule has 2 heterocycles. The van der Waals surface area contributed by atoms with Crippen molar-refractivity contribution in [2.24, 2.45) is 5.92 Å². The molecule has 1 aromatic carbocycles. The average molecular weight is 341 g/mol. The SMILES string of the molecule is Cc1cc(C)n(CC(C)NCC2CCN(Cc3ccccc3)CC2)n1. The molecule has 4 heteroatoms. The summed E-state index contributed by atoms with van der Waals surface area (Å²) in [6.45, 7) is 12.1. The number of benzene rings is 1. The summed E-state index contributed by atoms with van der Waals surface area (Å²) in [6, 6.07) is 13.4. The summed E-state index contributed by atoms with van der Waals surface area (Å²) in [7, 11) is 0. The summed E-state index contributed by atoms with van der Waals surface area (Å²) in [5.41, 5.74) is 3.79. The van der Waals surface area contributed by atoms with Crippen molar-refractivity contribution < 1.29 is 0 Å². The van der Waals surface area contributed by atoms with E-state index in [9.17, 15) is 0 Å². The van der Waals surface area contributed by atoms with E-state index >= 15 is 0 Å². The van der Waals surface area contributed by atoms with Gasteiger partial charge in [-0.05, 0) is 70.8 Å². The van der Waals surface area contributed by atoms with Crippen molar-refractivity contribution in [3.63, 3.8) is 0 Å². The molecule has 1 aliphatic rings. The van der Waals surface area contributed by atoms with Crippen LogP contribution >= 0.6 is 0 Å². The Morgan fingerprint density at radius 2 is 1.88 bits per heavy atom. The smallest absolute Gasteiger partial charge is 0.0596 e. The number of hydrogen-bond donors (Lipinski definition) is 1. The Hall–Kier alpha value is -1.65. The Labute approximate surface area is 152 Å². The van der Waals surface area contributed by atoms with Crippen molar-refractivity contribution >= 4 is 0 Å². The quantitative estimate of drug-likeness (QED) is 0.839. The van der Waals surface area contributed by atoms with Crippen LogP contribution in [0.15, 0.2) is 36.4 Å². The zero-order chi connectivity index (χ0) is 17.6. The number of piperidine rings is 1. The Morgan fingerprint density at radius 1 is 1.16 bits per heavy atom. The molecule has 0 bridgehead atoms. The zero-order valence-corrected chi connectivity index (χ0v) is 15.9. The second-order valence-electron chi connectivity index (χ2n) is 7.62. The molecule has 0 spiro atoms. The van der Waals surface area contributed by atoms with Crippen LogP contribution in [-0.2, 0) is 13.1 Å². The highest BCUT2D eigenvalue weighted by molar-refractivity contribution is 5.14. The van der Waals surface area contributed by atoms with Crippen LogP contribution in [0.1, 0.15) is 36.7 Å². The molecule has 1 aliphatic heterocycles. The molecule has 136 valence electrons. The maximum atomic E-state index is 4.56. The molecule has 0 radical (unpaired) electrons. The van der Waals surface area contributed by atoms with E-state index < -0.39 is 0 Å². The van der Waals surface area contributed by atoms with E-state index in [-0.39, 0.29) is 0 Å². The van der Waals surface area contributed by atoms with Crippen molar-refractivity contribution in [3.8, 4) is 0 Å². The van der Waals surface area contributed by atoms with Crippen LogP contribution in [0.4, 0.5) is 0 Å². The predicted molar refractivity (Wildman–Crippen MR) is 104 cm³/mol. The third-order valence-corrected chi connectivity index (χ3v) is 5.26. The molecule has 3 rings (SSSR count). The number of aryl methyl sites for hydroxylation is 2. The minimum Gasteiger partial charge on any atom is -0.312 e. The molecule has 0 aliphatic carbocycles. The van der Waals surface area contributed by atoms with E-state index in [0.717, 1.165) is 31.2 Å². The molecule has 1 aromatic heterocycles. The molecule has 1 N–H and O–H groups in total. The van der Waals surface area contributed by atoms with E-state index in [1.165, 1.54) is 37.2 Å². The first-order valence-corrected chi connectivity index (χ1v) is 9.61. The maximum absolute atomic E-state index is 4.56. The van der Waals surface area contributed by atoms with Crippen molar-refractivity contribution in [1.29, 1.82) is 0 Å². The molecule has 1 atom stereocenters. The second kappa shape index (κ2) is 8.63. The van der Waals surface area contributed by atoms with Gasteiger partial charge in [0.05, 0.1) is 12.2 Å². The van der Waals surface area contributed by atoms with Gasteiger partial charge in [-0.25, -0.2) is 0 Å². The number of nitrogens with one attached hydrogen (secondary N) is 1. The third kappa shape index (κ3) is 5.41. The summed E-state index contributed by atoms with van der Waals surface area (Å²) in [6.07, 6.45) is 2.60. The highest BCUT2D eigenvalue weighted by atomic mass is 15.3. The fourth-order valence-corrected chi connectivity index (χ4v) is 3.74. The third-order valence-electron chi connectivity index (χ3n) is 5.26. The van der Waals surface area contributed by atoms with E-state index in [1.54, 1.807) is 0 Å². The van der Waals surface area contributed by atoms with E-state index in [0.29, 0.717) is 6.04 Å². The minimum atomic E-state index is 0.459. The van der Waals surface area contributed by atoms with Gasteiger partial charge in [-0.15, -0.1) is 0 Å². The summed E-state index contributed by atoms with van der Waals surface area (Å²) in [5.74, 6) is 0.801. The first kappa shape index (κ1) is 18.2. The number of aromatic nitrogens is 2. The molecule has 1 saturated heterocycles. The van der Waals surface area contributed by atoms with E-state index in [2.05, 4.69) is 77.2 Å². The van der Waals surface area contributed by atoms with Gasteiger partial charge in [0.1, 0.15) is 0 Å². The maximum Gasteiger partial charge on any atom is 0.0596 e. The standard InChI is InChI=1S/C21H32N4/c1-17-13-19(3)25(23-17)15-18(2)22-14-20-9-11-24(12-10-20)16-21-7-5-4-6-8-21/h4-8,13,18,20,22H,9-12,14-16H2,1-3H3. The lowest BCUT2D eigenvalue weighted by Crippen LogP contribution is -2.40. The van der Waals surface area contributed by atoms with Crippen molar-refractivity contribution in [3.05, 3.63) is 53.3 Å². The van der Waals surface area contributed by atoms with Gasteiger partial charge >= 0.3 is 0 Å². The molecule has 2 aromatic rings. The van der Waals surface area contributed by atoms with Crippen LogP contribution in [0.25, 0.3) is 0 Å². The van der Waals surface area contributed by atoms with E-state index in [1.807, 2.05) is 0 Å². The van der Waals surface area contributed by atoms with Gasteiger partial charge < -0.3 is 5.32 Å². The molecule has 1 unspecified atom stereocenters. The molecular weight excluding hydrogens is 308 g/mol. The first-order valence-electron chi connectivity index (χ1n) is 9.61. The Balaban J connectivity index is 1.37. The van der Waals surface area contributed by atoms with Crippen LogP contribution in [0.2, 0.25) is 0 Å². The van der Waals surface area contributed by atoms with Crippen molar-refractivity contribution in [1.82, 2.24) is 20.0 Å². The first-order chi connectivity index (χ1) is 12.1. The van der Waals surface area contributed by atoms with Crippen molar-refractivity contribution in [2.75, 3.05) is 19.6 Å². The largest absolute Gasteiger partial charge is 0.312 e. The van der Waals surface area contributed by atoms with Gasteiger partial charge in [-0.3, -0.25) is 9.58 Å². The highest BCUT2D eigenvalue weighted by Crippen LogP contribution is 2.18. The van der Waals surface area contributed by atoms with Crippen LogP contribution in [0.5, 0.6) is 0 Å². The van der Waals surface area contributed by atoms with E-state index in [4.69, 9.17) is 0 Å². The molecular formula is C21H32N4. The van der Waals surface area contributed by atoms with Crippen LogP contribution in [0.3, 0.4) is 0 Å². The summed E-state index contributed by atoms with van der Waals surface area (Å²) in [5, 5.41) is 8.29. The molecule has 0 amide bonds. The Morgan fingerprint density at radius 3 is 2.52 bits per heavy atom. The summed E-state index contributed by atoms with van der Waals surface area (Å²) in [4.78, 5) is 2.59. The molecule has 0 saturated carbocycles. The topological polar surface area (TPSA) is 33.1 Å². The van der Waals surface area contributed by atoms with Crippen LogP contribution < -0.4 is 5.32 Å². The second-order valence-corrected chi connectivity index (χ2v) is 7.62. The fraction of sp³-hybridized carbons (Fsp3) is 0.571. The number of likely N-dealkylation sites (tertiary alicyclic amines) is 1. The van der Waals surface area contributed by atoms with Gasteiger partial charge in [-0.2, -0.15) is 5.10 Å². The van der Waals surface area contributed by atoms with Gasteiger partial charge in [0, 0.05) is 18.3 Å². The predicted octanol–water partition coefficient (Wildman–Crippen LogP) is 3.39. The van der Waals surface area contributed by atoms with Gasteiger partial charge in [0.15, 0.2) is 0 Å². The number of nitrogens with zero attached hydrogens (tertiary/aromatic N) is 3. The lowest BCUT2D eigenvalue weighted by molar-refractivity contribution is 0.173. The lowest BCUT2D eigenvalue weighted by Gasteiger charge is -2.32. The van der Waals surface area contributed by atoms with Crippen LogP contribution in [0, 0.1) is 19.8 Å². The van der Waals surface area contributed by atoms with Crippen LogP contribution in [-0.4, -0.2) is 40.4 Å². The molecule has 1 fully saturated rings.